The van der Waals surface area contributed by atoms with Crippen LogP contribution >= 0.6 is 22.9 Å². The highest BCUT2D eigenvalue weighted by molar-refractivity contribution is 7.20. The number of carbonyl (C=O) groups is 1. The second-order valence-corrected chi connectivity index (χ2v) is 5.20. The van der Waals surface area contributed by atoms with Crippen LogP contribution in [0.4, 0.5) is 10.1 Å². The van der Waals surface area contributed by atoms with Gasteiger partial charge in [0, 0.05) is 12.1 Å². The summed E-state index contributed by atoms with van der Waals surface area (Å²) < 4.78 is 18.3. The third kappa shape index (κ3) is 3.17. The summed E-state index contributed by atoms with van der Waals surface area (Å²) in [5.74, 6) is -1.59. The maximum atomic E-state index is 13.6. The standard InChI is InChI=1S/C12H8ClFN2O4S/c1-2-20-9(17)4-3-8-15-10-6(13)5-7(14)11(16(18)19)12(10)21-8/h3-5H,2H2,1H3. The molecule has 1 aromatic carbocycles. The summed E-state index contributed by atoms with van der Waals surface area (Å²) in [6.45, 7) is 1.89. The third-order valence-corrected chi connectivity index (χ3v) is 3.71. The summed E-state index contributed by atoms with van der Waals surface area (Å²) in [6, 6.07) is 0.848. The van der Waals surface area contributed by atoms with E-state index in [-0.39, 0.29) is 26.9 Å². The predicted octanol–water partition coefficient (Wildman–Crippen LogP) is 3.57. The second kappa shape index (κ2) is 6.15. The van der Waals surface area contributed by atoms with Gasteiger partial charge in [0.2, 0.25) is 5.82 Å². The Kier molecular flexibility index (Phi) is 4.49. The van der Waals surface area contributed by atoms with E-state index in [2.05, 4.69) is 4.98 Å². The van der Waals surface area contributed by atoms with Crippen LogP contribution in [0.5, 0.6) is 0 Å². The van der Waals surface area contributed by atoms with Crippen molar-refractivity contribution in [2.45, 2.75) is 6.92 Å². The van der Waals surface area contributed by atoms with Crippen molar-refractivity contribution >= 4 is 50.9 Å². The van der Waals surface area contributed by atoms with Gasteiger partial charge >= 0.3 is 11.7 Å². The summed E-state index contributed by atoms with van der Waals surface area (Å²) >= 11 is 6.70. The molecule has 0 spiro atoms. The van der Waals surface area contributed by atoms with Crippen LogP contribution in [0.25, 0.3) is 16.3 Å². The lowest BCUT2D eigenvalue weighted by molar-refractivity contribution is -0.385. The zero-order valence-electron chi connectivity index (χ0n) is 10.6. The number of rotatable bonds is 4. The van der Waals surface area contributed by atoms with Gasteiger partial charge in [-0.1, -0.05) is 11.6 Å². The molecule has 0 aliphatic heterocycles. The Morgan fingerprint density at radius 1 is 1.67 bits per heavy atom. The SMILES string of the molecule is CCOC(=O)C=Cc1nc2c(Cl)cc(F)c([N+](=O)[O-])c2s1. The lowest BCUT2D eigenvalue weighted by Crippen LogP contribution is -1.98. The van der Waals surface area contributed by atoms with Gasteiger partial charge in [-0.2, -0.15) is 4.39 Å². The van der Waals surface area contributed by atoms with E-state index in [1.165, 1.54) is 6.08 Å². The van der Waals surface area contributed by atoms with Crippen LogP contribution in [0, 0.1) is 15.9 Å². The fraction of sp³-hybridized carbons (Fsp3) is 0.167. The second-order valence-electron chi connectivity index (χ2n) is 3.76. The first-order chi connectivity index (χ1) is 9.93. The zero-order valence-corrected chi connectivity index (χ0v) is 12.2. The number of nitro groups is 1. The van der Waals surface area contributed by atoms with Crippen molar-refractivity contribution in [3.63, 3.8) is 0 Å². The van der Waals surface area contributed by atoms with Crippen molar-refractivity contribution in [2.24, 2.45) is 0 Å². The quantitative estimate of drug-likeness (QED) is 0.370. The van der Waals surface area contributed by atoms with E-state index in [0.29, 0.717) is 0 Å². The number of nitro benzene ring substituents is 1. The van der Waals surface area contributed by atoms with E-state index in [1.807, 2.05) is 0 Å². The molecule has 0 aliphatic rings. The highest BCUT2D eigenvalue weighted by Crippen LogP contribution is 2.37. The Hall–Kier alpha value is -2.06. The predicted molar refractivity (Wildman–Crippen MR) is 76.9 cm³/mol. The number of hydrogen-bond acceptors (Lipinski definition) is 6. The fourth-order valence-corrected chi connectivity index (χ4v) is 2.88. The molecule has 2 rings (SSSR count). The number of ether oxygens (including phenoxy) is 1. The number of halogens is 2. The molecule has 0 saturated carbocycles. The molecule has 0 saturated heterocycles. The van der Waals surface area contributed by atoms with Crippen molar-refractivity contribution in [1.29, 1.82) is 0 Å². The maximum absolute atomic E-state index is 13.6. The van der Waals surface area contributed by atoms with Crippen LogP contribution in [0.1, 0.15) is 11.9 Å². The van der Waals surface area contributed by atoms with E-state index in [0.717, 1.165) is 23.5 Å². The first-order valence-electron chi connectivity index (χ1n) is 5.71. The van der Waals surface area contributed by atoms with Crippen molar-refractivity contribution in [3.8, 4) is 0 Å². The number of nitrogens with zero attached hydrogens (tertiary/aromatic N) is 2. The van der Waals surface area contributed by atoms with Gasteiger partial charge in [0.1, 0.15) is 15.2 Å². The topological polar surface area (TPSA) is 82.3 Å². The first kappa shape index (κ1) is 15.3. The molecule has 0 N–H and O–H groups in total. The number of fused-ring (bicyclic) bond motifs is 1. The van der Waals surface area contributed by atoms with E-state index >= 15 is 0 Å². The molecule has 1 heterocycles. The molecule has 1 aromatic heterocycles. The number of aromatic nitrogens is 1. The Morgan fingerprint density at radius 2 is 2.38 bits per heavy atom. The highest BCUT2D eigenvalue weighted by Gasteiger charge is 2.24. The maximum Gasteiger partial charge on any atom is 0.330 e. The van der Waals surface area contributed by atoms with Crippen LogP contribution in [0.3, 0.4) is 0 Å². The smallest absolute Gasteiger partial charge is 0.330 e. The minimum atomic E-state index is -1.03. The molecule has 0 amide bonds. The molecule has 0 unspecified atom stereocenters. The Balaban J connectivity index is 2.51. The molecule has 0 radical (unpaired) electrons. The van der Waals surface area contributed by atoms with E-state index < -0.39 is 22.4 Å². The largest absolute Gasteiger partial charge is 0.463 e. The number of hydrogen-bond donors (Lipinski definition) is 0. The lowest BCUT2D eigenvalue weighted by Gasteiger charge is -1.96. The van der Waals surface area contributed by atoms with Crippen LogP contribution in [0.2, 0.25) is 5.02 Å². The van der Waals surface area contributed by atoms with E-state index in [4.69, 9.17) is 16.3 Å². The van der Waals surface area contributed by atoms with Gasteiger partial charge in [-0.3, -0.25) is 10.1 Å². The minimum absolute atomic E-state index is 0.0218. The molecule has 2 aromatic rings. The average molecular weight is 331 g/mol. The Labute approximate surface area is 127 Å². The van der Waals surface area contributed by atoms with Gasteiger partial charge < -0.3 is 4.74 Å². The lowest BCUT2D eigenvalue weighted by atomic mass is 10.3. The summed E-state index contributed by atoms with van der Waals surface area (Å²) in [5, 5.41) is 11.2. The van der Waals surface area contributed by atoms with Gasteiger partial charge in [-0.15, -0.1) is 11.3 Å². The number of benzene rings is 1. The molecule has 0 atom stereocenters. The summed E-state index contributed by atoms with van der Waals surface area (Å²) in [6.07, 6.45) is 2.47. The molecular formula is C12H8ClFN2O4S. The molecule has 6 nitrogen and oxygen atoms in total. The van der Waals surface area contributed by atoms with Crippen molar-refractivity contribution < 1.29 is 18.8 Å². The van der Waals surface area contributed by atoms with Gasteiger partial charge in [-0.25, -0.2) is 9.78 Å². The molecule has 9 heteroatoms. The van der Waals surface area contributed by atoms with Crippen LogP contribution < -0.4 is 0 Å². The zero-order chi connectivity index (χ0) is 15.6. The first-order valence-corrected chi connectivity index (χ1v) is 6.91. The van der Waals surface area contributed by atoms with Crippen molar-refractivity contribution in [1.82, 2.24) is 4.98 Å². The normalized spacial score (nSPS) is 11.2. The molecule has 0 bridgehead atoms. The monoisotopic (exact) mass is 330 g/mol. The third-order valence-electron chi connectivity index (χ3n) is 2.40. The fourth-order valence-electron chi connectivity index (χ4n) is 1.59. The Morgan fingerprint density at radius 3 is 3.00 bits per heavy atom. The van der Waals surface area contributed by atoms with E-state index in [1.54, 1.807) is 6.92 Å². The van der Waals surface area contributed by atoms with Crippen LogP contribution in [-0.4, -0.2) is 22.5 Å². The number of carbonyl (C=O) groups excluding carboxylic acids is 1. The molecule has 0 aliphatic carbocycles. The minimum Gasteiger partial charge on any atom is -0.463 e. The summed E-state index contributed by atoms with van der Waals surface area (Å²) in [5.41, 5.74) is -0.555. The highest BCUT2D eigenvalue weighted by atomic mass is 35.5. The number of esters is 1. The van der Waals surface area contributed by atoms with Gasteiger partial charge in [0.15, 0.2) is 0 Å². The van der Waals surface area contributed by atoms with Gasteiger partial charge in [0.05, 0.1) is 16.6 Å². The average Bonchev–Trinajstić information content (AvgIpc) is 2.80. The van der Waals surface area contributed by atoms with Crippen LogP contribution in [-0.2, 0) is 9.53 Å². The van der Waals surface area contributed by atoms with Crippen molar-refractivity contribution in [2.75, 3.05) is 6.61 Å². The molecule has 21 heavy (non-hydrogen) atoms. The van der Waals surface area contributed by atoms with Crippen LogP contribution in [0.15, 0.2) is 12.1 Å². The molecule has 110 valence electrons. The summed E-state index contributed by atoms with van der Waals surface area (Å²) in [7, 11) is 0. The molecular weight excluding hydrogens is 323 g/mol. The van der Waals surface area contributed by atoms with E-state index in [9.17, 15) is 19.3 Å². The summed E-state index contributed by atoms with van der Waals surface area (Å²) in [4.78, 5) is 25.3. The Bertz CT molecular complexity index is 759. The number of thiazole rings is 1. The van der Waals surface area contributed by atoms with Gasteiger partial charge in [0.25, 0.3) is 0 Å². The van der Waals surface area contributed by atoms with Gasteiger partial charge in [-0.05, 0) is 13.0 Å². The molecule has 0 fully saturated rings. The van der Waals surface area contributed by atoms with Crippen molar-refractivity contribution in [3.05, 3.63) is 38.1 Å².